The Labute approximate surface area is 104 Å². The number of nitrogens with one attached hydrogen (secondary N) is 1. The van der Waals surface area contributed by atoms with Gasteiger partial charge in [0.05, 0.1) is 11.6 Å². The van der Waals surface area contributed by atoms with Crippen LogP contribution in [0.2, 0.25) is 0 Å². The molecule has 0 aliphatic carbocycles. The standard InChI is InChI=1S/C13H14F3NO/c1-3-5-12(18)17-9(2)10-6-4-7-11(8-10)13(14,15)16/h3-9H,1-2H3,(H,17,18)/b5-3-/t9-/m0/s1. The van der Waals surface area contributed by atoms with Gasteiger partial charge < -0.3 is 5.32 Å². The highest BCUT2D eigenvalue weighted by Gasteiger charge is 2.30. The van der Waals surface area contributed by atoms with E-state index in [1.807, 2.05) is 0 Å². The van der Waals surface area contributed by atoms with E-state index < -0.39 is 17.8 Å². The van der Waals surface area contributed by atoms with Crippen molar-refractivity contribution < 1.29 is 18.0 Å². The summed E-state index contributed by atoms with van der Waals surface area (Å²) >= 11 is 0. The fraction of sp³-hybridized carbons (Fsp3) is 0.308. The van der Waals surface area contributed by atoms with E-state index in [0.717, 1.165) is 12.1 Å². The summed E-state index contributed by atoms with van der Waals surface area (Å²) in [6.45, 7) is 3.32. The van der Waals surface area contributed by atoms with Crippen LogP contribution in [0, 0.1) is 0 Å². The largest absolute Gasteiger partial charge is 0.416 e. The van der Waals surface area contributed by atoms with Crippen LogP contribution in [-0.2, 0) is 11.0 Å². The molecule has 0 bridgehead atoms. The molecule has 1 aromatic carbocycles. The molecule has 2 nitrogen and oxygen atoms in total. The van der Waals surface area contributed by atoms with Crippen LogP contribution in [0.4, 0.5) is 13.2 Å². The van der Waals surface area contributed by atoms with Crippen LogP contribution in [0.25, 0.3) is 0 Å². The number of allylic oxidation sites excluding steroid dienone is 1. The third kappa shape index (κ3) is 3.91. The van der Waals surface area contributed by atoms with Crippen LogP contribution in [-0.4, -0.2) is 5.91 Å². The Hall–Kier alpha value is -1.78. The molecular weight excluding hydrogens is 243 g/mol. The van der Waals surface area contributed by atoms with Gasteiger partial charge in [0.2, 0.25) is 5.91 Å². The van der Waals surface area contributed by atoms with Gasteiger partial charge in [0, 0.05) is 0 Å². The molecular formula is C13H14F3NO. The Morgan fingerprint density at radius 3 is 2.61 bits per heavy atom. The first-order valence-electron chi connectivity index (χ1n) is 5.45. The van der Waals surface area contributed by atoms with Crippen molar-refractivity contribution in [3.63, 3.8) is 0 Å². The third-order valence-electron chi connectivity index (χ3n) is 2.39. The molecule has 0 radical (unpaired) electrons. The van der Waals surface area contributed by atoms with E-state index in [1.54, 1.807) is 26.0 Å². The van der Waals surface area contributed by atoms with Crippen molar-refractivity contribution >= 4 is 5.91 Å². The smallest absolute Gasteiger partial charge is 0.346 e. The molecule has 1 aromatic rings. The fourth-order valence-corrected chi connectivity index (χ4v) is 1.48. The molecule has 0 saturated carbocycles. The van der Waals surface area contributed by atoms with Gasteiger partial charge in [-0.25, -0.2) is 0 Å². The Bertz CT molecular complexity index is 452. The van der Waals surface area contributed by atoms with Crippen LogP contribution in [0.1, 0.15) is 31.0 Å². The van der Waals surface area contributed by atoms with Gasteiger partial charge in [-0.2, -0.15) is 13.2 Å². The topological polar surface area (TPSA) is 29.1 Å². The summed E-state index contributed by atoms with van der Waals surface area (Å²) in [5.74, 6) is -0.331. The first-order chi connectivity index (χ1) is 8.34. The van der Waals surface area contributed by atoms with Gasteiger partial charge in [-0.15, -0.1) is 0 Å². The Kier molecular flexibility index (Phi) is 4.53. The summed E-state index contributed by atoms with van der Waals surface area (Å²) in [5.41, 5.74) is -0.296. The monoisotopic (exact) mass is 257 g/mol. The molecule has 0 spiro atoms. The lowest BCUT2D eigenvalue weighted by molar-refractivity contribution is -0.137. The Balaban J connectivity index is 2.87. The molecule has 1 atom stereocenters. The molecule has 1 N–H and O–H groups in total. The highest BCUT2D eigenvalue weighted by molar-refractivity contribution is 5.87. The average molecular weight is 257 g/mol. The van der Waals surface area contributed by atoms with Crippen LogP contribution >= 0.6 is 0 Å². The summed E-state index contributed by atoms with van der Waals surface area (Å²) in [4.78, 5) is 11.3. The Morgan fingerprint density at radius 2 is 2.06 bits per heavy atom. The normalized spacial score (nSPS) is 13.6. The SMILES string of the molecule is C/C=C\C(=O)N[C@@H](C)c1cccc(C(F)(F)F)c1. The predicted molar refractivity (Wildman–Crippen MR) is 62.8 cm³/mol. The predicted octanol–water partition coefficient (Wildman–Crippen LogP) is 3.46. The van der Waals surface area contributed by atoms with E-state index in [1.165, 1.54) is 12.1 Å². The maximum absolute atomic E-state index is 12.5. The summed E-state index contributed by atoms with van der Waals surface area (Å²) in [5, 5.41) is 2.58. The van der Waals surface area contributed by atoms with Crippen LogP contribution in [0.5, 0.6) is 0 Å². The van der Waals surface area contributed by atoms with Gasteiger partial charge in [0.15, 0.2) is 0 Å². The van der Waals surface area contributed by atoms with Gasteiger partial charge in [0.25, 0.3) is 0 Å². The quantitative estimate of drug-likeness (QED) is 0.825. The molecule has 0 unspecified atom stereocenters. The zero-order valence-corrected chi connectivity index (χ0v) is 10.1. The number of carbonyl (C=O) groups excluding carboxylic acids is 1. The number of amides is 1. The molecule has 98 valence electrons. The van der Waals surface area contributed by atoms with Crippen LogP contribution in [0.15, 0.2) is 36.4 Å². The minimum Gasteiger partial charge on any atom is -0.346 e. The van der Waals surface area contributed by atoms with E-state index in [9.17, 15) is 18.0 Å². The zero-order valence-electron chi connectivity index (χ0n) is 10.1. The summed E-state index contributed by atoms with van der Waals surface area (Å²) < 4.78 is 37.5. The van der Waals surface area contributed by atoms with Crippen molar-refractivity contribution in [3.05, 3.63) is 47.5 Å². The molecule has 0 aromatic heterocycles. The molecule has 18 heavy (non-hydrogen) atoms. The molecule has 0 heterocycles. The zero-order chi connectivity index (χ0) is 13.8. The molecule has 5 heteroatoms. The van der Waals surface area contributed by atoms with Crippen molar-refractivity contribution in [2.24, 2.45) is 0 Å². The molecule has 1 rings (SSSR count). The highest BCUT2D eigenvalue weighted by atomic mass is 19.4. The number of rotatable bonds is 3. The van der Waals surface area contributed by atoms with Crippen molar-refractivity contribution in [2.75, 3.05) is 0 Å². The maximum Gasteiger partial charge on any atom is 0.416 e. The van der Waals surface area contributed by atoms with E-state index in [2.05, 4.69) is 5.32 Å². The highest BCUT2D eigenvalue weighted by Crippen LogP contribution is 2.30. The fourth-order valence-electron chi connectivity index (χ4n) is 1.48. The Morgan fingerprint density at radius 1 is 1.39 bits per heavy atom. The van der Waals surface area contributed by atoms with E-state index in [-0.39, 0.29) is 5.91 Å². The molecule has 0 aliphatic heterocycles. The molecule has 0 fully saturated rings. The first kappa shape index (κ1) is 14.3. The number of alkyl halides is 3. The average Bonchev–Trinajstić information content (AvgIpc) is 2.28. The third-order valence-corrected chi connectivity index (χ3v) is 2.39. The van der Waals surface area contributed by atoms with Crippen molar-refractivity contribution in [1.82, 2.24) is 5.32 Å². The lowest BCUT2D eigenvalue weighted by atomic mass is 10.0. The lowest BCUT2D eigenvalue weighted by Crippen LogP contribution is -2.24. The number of hydrogen-bond acceptors (Lipinski definition) is 1. The first-order valence-corrected chi connectivity index (χ1v) is 5.45. The van der Waals surface area contributed by atoms with Gasteiger partial charge in [-0.05, 0) is 37.6 Å². The minimum absolute atomic E-state index is 0.331. The van der Waals surface area contributed by atoms with Crippen molar-refractivity contribution in [1.29, 1.82) is 0 Å². The summed E-state index contributed by atoms with van der Waals surface area (Å²) in [6.07, 6.45) is -1.48. The lowest BCUT2D eigenvalue weighted by Gasteiger charge is -2.15. The van der Waals surface area contributed by atoms with Crippen LogP contribution < -0.4 is 5.32 Å². The number of benzene rings is 1. The second-order valence-corrected chi connectivity index (χ2v) is 3.85. The van der Waals surface area contributed by atoms with Gasteiger partial charge in [0.1, 0.15) is 0 Å². The maximum atomic E-state index is 12.5. The molecule has 0 aliphatic rings. The number of halogens is 3. The van der Waals surface area contributed by atoms with Gasteiger partial charge in [-0.1, -0.05) is 18.2 Å². The number of carbonyl (C=O) groups is 1. The van der Waals surface area contributed by atoms with Gasteiger partial charge >= 0.3 is 6.18 Å². The van der Waals surface area contributed by atoms with Crippen molar-refractivity contribution in [3.8, 4) is 0 Å². The summed E-state index contributed by atoms with van der Waals surface area (Å²) in [6, 6.07) is 4.45. The molecule has 1 amide bonds. The number of hydrogen-bond donors (Lipinski definition) is 1. The van der Waals surface area contributed by atoms with E-state index in [4.69, 9.17) is 0 Å². The van der Waals surface area contributed by atoms with Crippen LogP contribution in [0.3, 0.4) is 0 Å². The summed E-state index contributed by atoms with van der Waals surface area (Å²) in [7, 11) is 0. The second-order valence-electron chi connectivity index (χ2n) is 3.85. The van der Waals surface area contributed by atoms with E-state index >= 15 is 0 Å². The molecule has 0 saturated heterocycles. The van der Waals surface area contributed by atoms with Crippen molar-refractivity contribution in [2.45, 2.75) is 26.1 Å². The van der Waals surface area contributed by atoms with E-state index in [0.29, 0.717) is 5.56 Å². The second kappa shape index (κ2) is 5.71. The minimum atomic E-state index is -4.37. The van der Waals surface area contributed by atoms with Gasteiger partial charge in [-0.3, -0.25) is 4.79 Å².